The first-order chi connectivity index (χ1) is 9.41. The van der Waals surface area contributed by atoms with Gasteiger partial charge in [-0.1, -0.05) is 6.92 Å². The van der Waals surface area contributed by atoms with Crippen LogP contribution in [0.5, 0.6) is 0 Å². The van der Waals surface area contributed by atoms with Crippen LogP contribution in [-0.4, -0.2) is 16.5 Å². The standard InChI is InChI=1S/C13H13F4N3/c1-2-18-6-9-7-19-12(20-9)10-5-8(14)3-4-11(10)13(15,16)17/h3-5,7,18H,2,6H2,1H3,(H,19,20). The van der Waals surface area contributed by atoms with Gasteiger partial charge in [0.05, 0.1) is 5.56 Å². The Balaban J connectivity index is 2.41. The Morgan fingerprint density at radius 1 is 1.30 bits per heavy atom. The summed E-state index contributed by atoms with van der Waals surface area (Å²) in [5.41, 5.74) is -0.567. The molecule has 2 N–H and O–H groups in total. The van der Waals surface area contributed by atoms with Gasteiger partial charge in [0, 0.05) is 24.0 Å². The van der Waals surface area contributed by atoms with E-state index >= 15 is 0 Å². The first-order valence-corrected chi connectivity index (χ1v) is 6.03. The normalized spacial score (nSPS) is 11.8. The molecule has 0 saturated carbocycles. The Labute approximate surface area is 113 Å². The van der Waals surface area contributed by atoms with Gasteiger partial charge in [-0.15, -0.1) is 0 Å². The van der Waals surface area contributed by atoms with Crippen LogP contribution in [-0.2, 0) is 12.7 Å². The first kappa shape index (κ1) is 14.5. The number of H-pyrrole nitrogens is 1. The van der Waals surface area contributed by atoms with Gasteiger partial charge in [0.2, 0.25) is 0 Å². The minimum Gasteiger partial charge on any atom is -0.341 e. The molecule has 0 saturated heterocycles. The zero-order valence-corrected chi connectivity index (χ0v) is 10.7. The monoisotopic (exact) mass is 287 g/mol. The van der Waals surface area contributed by atoms with Crippen molar-refractivity contribution >= 4 is 0 Å². The number of nitrogens with one attached hydrogen (secondary N) is 2. The van der Waals surface area contributed by atoms with Crippen LogP contribution < -0.4 is 5.32 Å². The number of aromatic amines is 1. The minimum absolute atomic E-state index is 0.00438. The van der Waals surface area contributed by atoms with E-state index in [1.165, 1.54) is 6.20 Å². The zero-order valence-electron chi connectivity index (χ0n) is 10.7. The number of hydrogen-bond donors (Lipinski definition) is 2. The highest BCUT2D eigenvalue weighted by Gasteiger charge is 2.34. The second kappa shape index (κ2) is 5.62. The molecule has 0 aliphatic heterocycles. The van der Waals surface area contributed by atoms with E-state index in [2.05, 4.69) is 15.3 Å². The molecular weight excluding hydrogens is 274 g/mol. The molecule has 0 amide bonds. The number of halogens is 4. The van der Waals surface area contributed by atoms with E-state index in [9.17, 15) is 17.6 Å². The number of aromatic nitrogens is 2. The summed E-state index contributed by atoms with van der Waals surface area (Å²) in [6, 6.07) is 2.34. The second-order valence-corrected chi connectivity index (χ2v) is 4.23. The van der Waals surface area contributed by atoms with Gasteiger partial charge in [0.1, 0.15) is 11.6 Å². The third kappa shape index (κ3) is 3.16. The van der Waals surface area contributed by atoms with Crippen LogP contribution in [0.3, 0.4) is 0 Å². The molecule has 0 radical (unpaired) electrons. The molecule has 0 atom stereocenters. The van der Waals surface area contributed by atoms with E-state index in [4.69, 9.17) is 0 Å². The molecule has 7 heteroatoms. The van der Waals surface area contributed by atoms with Crippen molar-refractivity contribution < 1.29 is 17.6 Å². The highest BCUT2D eigenvalue weighted by molar-refractivity contribution is 5.61. The van der Waals surface area contributed by atoms with Crippen molar-refractivity contribution in [3.8, 4) is 11.4 Å². The number of rotatable bonds is 4. The van der Waals surface area contributed by atoms with Gasteiger partial charge >= 0.3 is 6.18 Å². The molecule has 1 heterocycles. The van der Waals surface area contributed by atoms with E-state index < -0.39 is 17.6 Å². The van der Waals surface area contributed by atoms with Crippen LogP contribution in [0.25, 0.3) is 11.4 Å². The molecule has 0 bridgehead atoms. The maximum Gasteiger partial charge on any atom is 0.417 e. The summed E-state index contributed by atoms with van der Waals surface area (Å²) in [4.78, 5) is 6.66. The van der Waals surface area contributed by atoms with E-state index in [0.29, 0.717) is 12.2 Å². The van der Waals surface area contributed by atoms with Crippen molar-refractivity contribution in [3.63, 3.8) is 0 Å². The SMILES string of the molecule is CCNCc1cnc(-c2cc(F)ccc2C(F)(F)F)[nH]1. The number of hydrogen-bond acceptors (Lipinski definition) is 2. The quantitative estimate of drug-likeness (QED) is 0.847. The molecule has 2 aromatic rings. The van der Waals surface area contributed by atoms with Crippen LogP contribution in [0.4, 0.5) is 17.6 Å². The van der Waals surface area contributed by atoms with Gasteiger partial charge in [-0.05, 0) is 24.7 Å². The fourth-order valence-electron chi connectivity index (χ4n) is 1.81. The Morgan fingerprint density at radius 3 is 2.70 bits per heavy atom. The maximum absolute atomic E-state index is 13.2. The van der Waals surface area contributed by atoms with E-state index in [-0.39, 0.29) is 11.4 Å². The molecule has 1 aromatic carbocycles. The third-order valence-electron chi connectivity index (χ3n) is 2.74. The summed E-state index contributed by atoms with van der Waals surface area (Å²) in [6.45, 7) is 3.09. The van der Waals surface area contributed by atoms with Crippen LogP contribution in [0.15, 0.2) is 24.4 Å². The summed E-state index contributed by atoms with van der Waals surface area (Å²) in [6.07, 6.45) is -3.12. The average molecular weight is 287 g/mol. The van der Waals surface area contributed by atoms with Crippen molar-refractivity contribution in [2.75, 3.05) is 6.54 Å². The molecular formula is C13H13F4N3. The molecule has 3 nitrogen and oxygen atoms in total. The van der Waals surface area contributed by atoms with Crippen LogP contribution in [0, 0.1) is 5.82 Å². The van der Waals surface area contributed by atoms with E-state index in [1.54, 1.807) is 0 Å². The molecule has 1 aromatic heterocycles. The number of imidazole rings is 1. The summed E-state index contributed by atoms with van der Waals surface area (Å²) >= 11 is 0. The average Bonchev–Trinajstić information content (AvgIpc) is 2.83. The first-order valence-electron chi connectivity index (χ1n) is 6.03. The van der Waals surface area contributed by atoms with Crippen molar-refractivity contribution in [1.29, 1.82) is 0 Å². The maximum atomic E-state index is 13.2. The van der Waals surface area contributed by atoms with Gasteiger partial charge in [-0.3, -0.25) is 0 Å². The van der Waals surface area contributed by atoms with E-state index in [1.807, 2.05) is 6.92 Å². The highest BCUT2D eigenvalue weighted by atomic mass is 19.4. The topological polar surface area (TPSA) is 40.7 Å². The number of alkyl halides is 3. The number of nitrogens with zero attached hydrogens (tertiary/aromatic N) is 1. The Morgan fingerprint density at radius 2 is 2.05 bits per heavy atom. The van der Waals surface area contributed by atoms with Gasteiger partial charge in [-0.2, -0.15) is 13.2 Å². The van der Waals surface area contributed by atoms with Crippen molar-refractivity contribution in [2.24, 2.45) is 0 Å². The lowest BCUT2D eigenvalue weighted by molar-refractivity contribution is -0.137. The summed E-state index contributed by atoms with van der Waals surface area (Å²) in [5.74, 6) is -0.734. The highest BCUT2D eigenvalue weighted by Crippen LogP contribution is 2.36. The van der Waals surface area contributed by atoms with Crippen LogP contribution in [0.2, 0.25) is 0 Å². The van der Waals surface area contributed by atoms with Crippen LogP contribution in [0.1, 0.15) is 18.2 Å². The Kier molecular flexibility index (Phi) is 4.08. The lowest BCUT2D eigenvalue weighted by Gasteiger charge is -2.11. The lowest BCUT2D eigenvalue weighted by atomic mass is 10.1. The Hall–Kier alpha value is -1.89. The van der Waals surface area contributed by atoms with Gasteiger partial charge in [0.15, 0.2) is 0 Å². The Bertz CT molecular complexity index is 590. The molecule has 20 heavy (non-hydrogen) atoms. The smallest absolute Gasteiger partial charge is 0.341 e. The molecule has 2 rings (SSSR count). The van der Waals surface area contributed by atoms with Crippen molar-refractivity contribution in [3.05, 3.63) is 41.5 Å². The van der Waals surface area contributed by atoms with Crippen molar-refractivity contribution in [1.82, 2.24) is 15.3 Å². The predicted octanol–water partition coefficient (Wildman–Crippen LogP) is 3.34. The summed E-state index contributed by atoms with van der Waals surface area (Å²) < 4.78 is 51.9. The summed E-state index contributed by atoms with van der Waals surface area (Å²) in [7, 11) is 0. The largest absolute Gasteiger partial charge is 0.417 e. The molecule has 0 unspecified atom stereocenters. The molecule has 0 fully saturated rings. The molecule has 0 aliphatic carbocycles. The fraction of sp³-hybridized carbons (Fsp3) is 0.308. The second-order valence-electron chi connectivity index (χ2n) is 4.23. The van der Waals surface area contributed by atoms with Gasteiger partial charge in [0.25, 0.3) is 0 Å². The summed E-state index contributed by atoms with van der Waals surface area (Å²) in [5, 5.41) is 3.02. The third-order valence-corrected chi connectivity index (χ3v) is 2.74. The predicted molar refractivity (Wildman–Crippen MR) is 66.4 cm³/mol. The number of benzene rings is 1. The van der Waals surface area contributed by atoms with Gasteiger partial charge < -0.3 is 10.3 Å². The van der Waals surface area contributed by atoms with Gasteiger partial charge in [-0.25, -0.2) is 9.37 Å². The lowest BCUT2D eigenvalue weighted by Crippen LogP contribution is -2.12. The zero-order chi connectivity index (χ0) is 14.8. The fourth-order valence-corrected chi connectivity index (χ4v) is 1.81. The van der Waals surface area contributed by atoms with Crippen LogP contribution >= 0.6 is 0 Å². The minimum atomic E-state index is -4.56. The van der Waals surface area contributed by atoms with E-state index in [0.717, 1.165) is 24.7 Å². The van der Waals surface area contributed by atoms with Crippen molar-refractivity contribution in [2.45, 2.75) is 19.6 Å². The molecule has 108 valence electrons. The molecule has 0 aliphatic rings. The molecule has 0 spiro atoms.